The van der Waals surface area contributed by atoms with Crippen LogP contribution in [0, 0.1) is 0 Å². The van der Waals surface area contributed by atoms with Gasteiger partial charge in [0.15, 0.2) is 0 Å². The van der Waals surface area contributed by atoms with Crippen LogP contribution in [0.4, 0.5) is 5.69 Å². The molecule has 0 saturated heterocycles. The lowest BCUT2D eigenvalue weighted by molar-refractivity contribution is 0.334. The number of anilines is 1. The monoisotopic (exact) mass is 303 g/mol. The number of ether oxygens (including phenoxy) is 1. The highest BCUT2D eigenvalue weighted by Gasteiger charge is 2.22. The van der Waals surface area contributed by atoms with Gasteiger partial charge in [0.2, 0.25) is 0 Å². The maximum absolute atomic E-state index is 5.67. The number of rotatable bonds is 3. The summed E-state index contributed by atoms with van der Waals surface area (Å²) in [7, 11) is 0. The van der Waals surface area contributed by atoms with Crippen molar-refractivity contribution in [1.82, 2.24) is 0 Å². The zero-order valence-corrected chi connectivity index (χ0v) is 11.5. The van der Waals surface area contributed by atoms with E-state index in [1.807, 2.05) is 24.3 Å². The molecule has 1 heterocycles. The molecule has 1 aliphatic heterocycles. The molecule has 2 aromatic rings. The maximum Gasteiger partial charge on any atom is 0.122 e. The molecule has 1 N–H and O–H groups in total. The van der Waals surface area contributed by atoms with E-state index < -0.39 is 0 Å². The van der Waals surface area contributed by atoms with Crippen molar-refractivity contribution in [3.63, 3.8) is 0 Å². The Balaban J connectivity index is 1.67. The Hall–Kier alpha value is -1.48. The number of benzene rings is 2. The second-order valence-corrected chi connectivity index (χ2v) is 5.35. The summed E-state index contributed by atoms with van der Waals surface area (Å²) < 4.78 is 6.77. The van der Waals surface area contributed by atoms with E-state index in [1.165, 1.54) is 5.56 Å². The van der Waals surface area contributed by atoms with Gasteiger partial charge in [0.25, 0.3) is 0 Å². The fourth-order valence-electron chi connectivity index (χ4n) is 2.21. The van der Waals surface area contributed by atoms with Crippen LogP contribution >= 0.6 is 15.9 Å². The first-order chi connectivity index (χ1) is 8.83. The predicted molar refractivity (Wildman–Crippen MR) is 77.3 cm³/mol. The van der Waals surface area contributed by atoms with Crippen molar-refractivity contribution in [3.8, 4) is 5.75 Å². The van der Waals surface area contributed by atoms with Crippen LogP contribution in [0.15, 0.2) is 53.0 Å². The molecule has 18 heavy (non-hydrogen) atoms. The molecule has 2 nitrogen and oxygen atoms in total. The van der Waals surface area contributed by atoms with Crippen molar-refractivity contribution in [1.29, 1.82) is 0 Å². The van der Waals surface area contributed by atoms with Crippen LogP contribution in [-0.2, 0) is 0 Å². The molecule has 1 aliphatic rings. The Bertz CT molecular complexity index is 538. The minimum absolute atomic E-state index is 0.435. The molecule has 3 rings (SSSR count). The average molecular weight is 304 g/mol. The van der Waals surface area contributed by atoms with Crippen molar-refractivity contribution in [2.45, 2.75) is 5.92 Å². The zero-order chi connectivity index (χ0) is 12.4. The molecule has 0 aromatic heterocycles. The van der Waals surface area contributed by atoms with Gasteiger partial charge in [-0.1, -0.05) is 34.1 Å². The van der Waals surface area contributed by atoms with E-state index in [0.29, 0.717) is 5.92 Å². The molecule has 0 bridgehead atoms. The summed E-state index contributed by atoms with van der Waals surface area (Å²) in [6.07, 6.45) is 0. The Morgan fingerprint density at radius 3 is 2.72 bits per heavy atom. The van der Waals surface area contributed by atoms with Gasteiger partial charge in [0.05, 0.1) is 6.61 Å². The second-order valence-electron chi connectivity index (χ2n) is 4.43. The number of fused-ring (bicyclic) bond motifs is 1. The number of para-hydroxylation sites is 1. The molecule has 2 aromatic carbocycles. The lowest BCUT2D eigenvalue weighted by Gasteiger charge is -2.11. The highest BCUT2D eigenvalue weighted by atomic mass is 79.9. The summed E-state index contributed by atoms with van der Waals surface area (Å²) in [5, 5.41) is 3.45. The maximum atomic E-state index is 5.67. The summed E-state index contributed by atoms with van der Waals surface area (Å²) in [6.45, 7) is 1.67. The van der Waals surface area contributed by atoms with Gasteiger partial charge < -0.3 is 10.1 Å². The molecule has 0 fully saturated rings. The standard InChI is InChI=1S/C15H14BrNO/c16-12-5-7-13(8-6-12)17-9-11-10-18-15-4-2-1-3-14(11)15/h1-8,11,17H,9-10H2. The summed E-state index contributed by atoms with van der Waals surface area (Å²) in [5.74, 6) is 1.46. The van der Waals surface area contributed by atoms with Gasteiger partial charge in [0.1, 0.15) is 5.75 Å². The van der Waals surface area contributed by atoms with Crippen LogP contribution in [0.5, 0.6) is 5.75 Å². The minimum atomic E-state index is 0.435. The zero-order valence-electron chi connectivity index (χ0n) is 9.90. The molecule has 1 unspecified atom stereocenters. The SMILES string of the molecule is Brc1ccc(NCC2COc3ccccc32)cc1. The first kappa shape index (κ1) is 11.6. The smallest absolute Gasteiger partial charge is 0.122 e. The van der Waals surface area contributed by atoms with E-state index in [-0.39, 0.29) is 0 Å². The molecular formula is C15H14BrNO. The average Bonchev–Trinajstić information content (AvgIpc) is 2.82. The van der Waals surface area contributed by atoms with E-state index in [1.54, 1.807) is 0 Å². The van der Waals surface area contributed by atoms with Gasteiger partial charge in [-0.25, -0.2) is 0 Å². The second kappa shape index (κ2) is 5.02. The van der Waals surface area contributed by atoms with Crippen LogP contribution in [-0.4, -0.2) is 13.2 Å². The van der Waals surface area contributed by atoms with Gasteiger partial charge in [0, 0.05) is 28.2 Å². The van der Waals surface area contributed by atoms with Crippen molar-refractivity contribution < 1.29 is 4.74 Å². The van der Waals surface area contributed by atoms with E-state index in [4.69, 9.17) is 4.74 Å². The fourth-order valence-corrected chi connectivity index (χ4v) is 2.47. The van der Waals surface area contributed by atoms with E-state index in [0.717, 1.165) is 29.1 Å². The molecular weight excluding hydrogens is 290 g/mol. The van der Waals surface area contributed by atoms with Crippen molar-refractivity contribution >= 4 is 21.6 Å². The molecule has 1 atom stereocenters. The largest absolute Gasteiger partial charge is 0.493 e. The predicted octanol–water partition coefficient (Wildman–Crippen LogP) is 4.04. The lowest BCUT2D eigenvalue weighted by atomic mass is 10.0. The number of halogens is 1. The molecule has 0 spiro atoms. The Labute approximate surface area is 115 Å². The molecule has 3 heteroatoms. The third-order valence-electron chi connectivity index (χ3n) is 3.20. The van der Waals surface area contributed by atoms with E-state index in [9.17, 15) is 0 Å². The lowest BCUT2D eigenvalue weighted by Crippen LogP contribution is -2.13. The topological polar surface area (TPSA) is 21.3 Å². The molecule has 0 radical (unpaired) electrons. The van der Waals surface area contributed by atoms with Crippen molar-refractivity contribution in [2.24, 2.45) is 0 Å². The van der Waals surface area contributed by atoms with Gasteiger partial charge in [-0.2, -0.15) is 0 Å². The van der Waals surface area contributed by atoms with Crippen LogP contribution in [0.2, 0.25) is 0 Å². The van der Waals surface area contributed by atoms with Crippen molar-refractivity contribution in [3.05, 3.63) is 58.6 Å². The fraction of sp³-hybridized carbons (Fsp3) is 0.200. The van der Waals surface area contributed by atoms with Crippen LogP contribution in [0.25, 0.3) is 0 Å². The van der Waals surface area contributed by atoms with Gasteiger partial charge >= 0.3 is 0 Å². The van der Waals surface area contributed by atoms with Crippen LogP contribution < -0.4 is 10.1 Å². The molecule has 0 saturated carbocycles. The van der Waals surface area contributed by atoms with Gasteiger partial charge in [-0.15, -0.1) is 0 Å². The number of nitrogens with one attached hydrogen (secondary N) is 1. The molecule has 0 aliphatic carbocycles. The summed E-state index contributed by atoms with van der Waals surface area (Å²) in [6, 6.07) is 16.5. The molecule has 0 amide bonds. The van der Waals surface area contributed by atoms with E-state index in [2.05, 4.69) is 45.5 Å². The summed E-state index contributed by atoms with van der Waals surface area (Å²) in [5.41, 5.74) is 2.45. The highest BCUT2D eigenvalue weighted by Crippen LogP contribution is 2.33. The van der Waals surface area contributed by atoms with Crippen LogP contribution in [0.3, 0.4) is 0 Å². The van der Waals surface area contributed by atoms with Gasteiger partial charge in [-0.3, -0.25) is 0 Å². The number of hydrogen-bond acceptors (Lipinski definition) is 2. The first-order valence-corrected chi connectivity index (χ1v) is 6.83. The minimum Gasteiger partial charge on any atom is -0.493 e. The quantitative estimate of drug-likeness (QED) is 0.924. The number of hydrogen-bond donors (Lipinski definition) is 1. The van der Waals surface area contributed by atoms with E-state index >= 15 is 0 Å². The Morgan fingerprint density at radius 1 is 1.11 bits per heavy atom. The van der Waals surface area contributed by atoms with Crippen molar-refractivity contribution in [2.75, 3.05) is 18.5 Å². The summed E-state index contributed by atoms with van der Waals surface area (Å²) >= 11 is 3.44. The first-order valence-electron chi connectivity index (χ1n) is 6.04. The molecule has 92 valence electrons. The summed E-state index contributed by atoms with van der Waals surface area (Å²) in [4.78, 5) is 0. The Kier molecular flexibility index (Phi) is 3.24. The van der Waals surface area contributed by atoms with Crippen LogP contribution in [0.1, 0.15) is 11.5 Å². The normalized spacial score (nSPS) is 17.1. The third kappa shape index (κ3) is 2.36. The highest BCUT2D eigenvalue weighted by molar-refractivity contribution is 9.10. The van der Waals surface area contributed by atoms with Gasteiger partial charge in [-0.05, 0) is 30.3 Å². The Morgan fingerprint density at radius 2 is 1.89 bits per heavy atom. The third-order valence-corrected chi connectivity index (χ3v) is 3.72.